The van der Waals surface area contributed by atoms with E-state index in [0.29, 0.717) is 12.8 Å². The van der Waals surface area contributed by atoms with Crippen molar-refractivity contribution >= 4 is 32.0 Å². The normalized spacial score (nSPS) is 12.2. The molecule has 0 radical (unpaired) electrons. The van der Waals surface area contributed by atoms with E-state index < -0.39 is 51.2 Å². The number of ether oxygens (including phenoxy) is 4. The van der Waals surface area contributed by atoms with Crippen molar-refractivity contribution in [3.63, 3.8) is 0 Å². The highest BCUT2D eigenvalue weighted by molar-refractivity contribution is 7.52. The molecule has 2 rings (SSSR count). The SMILES string of the molecule is CCC(C(=O)O)N(C)C(N)=NP(=O)(OCCOC(=O)OCCc1ccccc1)OCCOC(=O)OCCc1ccccc1. The third kappa shape index (κ3) is 14.1. The average molecular weight is 624 g/mol. The molecule has 0 saturated carbocycles. The molecule has 0 amide bonds. The zero-order valence-corrected chi connectivity index (χ0v) is 25.1. The first-order valence-corrected chi connectivity index (χ1v) is 15.0. The molecule has 43 heavy (non-hydrogen) atoms. The first-order chi connectivity index (χ1) is 20.6. The minimum absolute atomic E-state index is 0.0926. The van der Waals surface area contributed by atoms with Crippen LogP contribution in [-0.4, -0.2) is 87.0 Å². The Bertz CT molecular complexity index is 1150. The Morgan fingerprint density at radius 3 is 1.60 bits per heavy atom. The maximum atomic E-state index is 13.3. The summed E-state index contributed by atoms with van der Waals surface area (Å²) in [7, 11) is -3.03. The summed E-state index contributed by atoms with van der Waals surface area (Å²) in [4.78, 5) is 36.3. The molecule has 1 atom stereocenters. The van der Waals surface area contributed by atoms with Gasteiger partial charge >= 0.3 is 26.0 Å². The van der Waals surface area contributed by atoms with E-state index in [1.54, 1.807) is 6.92 Å². The fourth-order valence-electron chi connectivity index (χ4n) is 3.50. The number of guanidine groups is 1. The summed E-state index contributed by atoms with van der Waals surface area (Å²) < 4.78 is 47.5. The van der Waals surface area contributed by atoms with Gasteiger partial charge in [0.05, 0.1) is 26.4 Å². The number of carboxylic acids is 1. The lowest BCUT2D eigenvalue weighted by Crippen LogP contribution is -2.45. The maximum absolute atomic E-state index is 13.3. The van der Waals surface area contributed by atoms with Crippen molar-refractivity contribution in [3.05, 3.63) is 71.8 Å². The molecule has 236 valence electrons. The van der Waals surface area contributed by atoms with Gasteiger partial charge in [-0.15, -0.1) is 4.76 Å². The molecule has 2 aromatic rings. The van der Waals surface area contributed by atoms with Gasteiger partial charge in [0.15, 0.2) is 0 Å². The Labute approximate surface area is 250 Å². The fraction of sp³-hybridized carbons (Fsp3) is 0.429. The van der Waals surface area contributed by atoms with Crippen LogP contribution in [0.25, 0.3) is 0 Å². The van der Waals surface area contributed by atoms with E-state index in [4.69, 9.17) is 33.7 Å². The Morgan fingerprint density at radius 2 is 1.21 bits per heavy atom. The van der Waals surface area contributed by atoms with Gasteiger partial charge in [-0.05, 0) is 17.5 Å². The monoisotopic (exact) mass is 623 g/mol. The van der Waals surface area contributed by atoms with Gasteiger partial charge in [-0.3, -0.25) is 9.05 Å². The molecular weight excluding hydrogens is 585 g/mol. The second-order valence-corrected chi connectivity index (χ2v) is 10.5. The van der Waals surface area contributed by atoms with E-state index in [1.165, 1.54) is 7.05 Å². The highest BCUT2D eigenvalue weighted by Crippen LogP contribution is 2.49. The Hall–Kier alpha value is -4.13. The summed E-state index contributed by atoms with van der Waals surface area (Å²) in [5, 5.41) is 9.39. The van der Waals surface area contributed by atoms with Crippen LogP contribution in [0.3, 0.4) is 0 Å². The zero-order valence-electron chi connectivity index (χ0n) is 24.2. The minimum atomic E-state index is -4.39. The number of hydrogen-bond donors (Lipinski definition) is 2. The lowest BCUT2D eigenvalue weighted by molar-refractivity contribution is -0.141. The average Bonchev–Trinajstić information content (AvgIpc) is 2.99. The highest BCUT2D eigenvalue weighted by atomic mass is 31.2. The Morgan fingerprint density at radius 1 is 0.791 bits per heavy atom. The lowest BCUT2D eigenvalue weighted by Gasteiger charge is -2.25. The molecule has 15 heteroatoms. The third-order valence-electron chi connectivity index (χ3n) is 5.75. The summed E-state index contributed by atoms with van der Waals surface area (Å²) in [6.07, 6.45) is -0.744. The molecule has 2 aromatic carbocycles. The Kier molecular flexibility index (Phi) is 15.6. The molecule has 0 heterocycles. The van der Waals surface area contributed by atoms with Crippen molar-refractivity contribution in [1.82, 2.24) is 4.90 Å². The largest absolute Gasteiger partial charge is 0.508 e. The van der Waals surface area contributed by atoms with Gasteiger partial charge in [0.25, 0.3) is 0 Å². The number of carboxylic acid groups (broad SMARTS) is 1. The molecule has 1 unspecified atom stereocenters. The van der Waals surface area contributed by atoms with Gasteiger partial charge in [0.1, 0.15) is 19.3 Å². The van der Waals surface area contributed by atoms with Crippen LogP contribution < -0.4 is 5.73 Å². The fourth-order valence-corrected chi connectivity index (χ4v) is 4.69. The Balaban J connectivity index is 1.85. The molecule has 0 spiro atoms. The predicted octanol–water partition coefficient (Wildman–Crippen LogP) is 4.03. The standard InChI is InChI=1S/C28H38N3O11P/c1-3-24(25(32)33)31(2)26(29)30-43(36,41-20-18-39-27(34)37-16-14-22-10-6-4-7-11-22)42-21-19-40-28(35)38-17-15-23-12-8-5-9-13-23/h4-13,24H,3,14-21H2,1-2H3,(H,32,33)(H2,29,30,36). The van der Waals surface area contributed by atoms with Gasteiger partial charge in [-0.2, -0.15) is 0 Å². The minimum Gasteiger partial charge on any atom is -0.480 e. The first kappa shape index (κ1) is 35.1. The summed E-state index contributed by atoms with van der Waals surface area (Å²) in [6.45, 7) is 0.236. The van der Waals surface area contributed by atoms with E-state index >= 15 is 0 Å². The number of aliphatic carboxylic acids is 1. The van der Waals surface area contributed by atoms with E-state index in [2.05, 4.69) is 4.76 Å². The van der Waals surface area contributed by atoms with Crippen molar-refractivity contribution in [2.45, 2.75) is 32.2 Å². The number of benzene rings is 2. The second-order valence-electron chi connectivity index (χ2n) is 8.83. The second kappa shape index (κ2) is 19.1. The van der Waals surface area contributed by atoms with Crippen LogP contribution in [0.15, 0.2) is 65.4 Å². The van der Waals surface area contributed by atoms with Crippen LogP contribution >= 0.6 is 7.75 Å². The summed E-state index contributed by atoms with van der Waals surface area (Å²) >= 11 is 0. The first-order valence-electron chi connectivity index (χ1n) is 13.5. The maximum Gasteiger partial charge on any atom is 0.508 e. The molecule has 0 aliphatic heterocycles. The van der Waals surface area contributed by atoms with Crippen molar-refractivity contribution < 1.29 is 52.1 Å². The summed E-state index contributed by atoms with van der Waals surface area (Å²) in [6, 6.07) is 17.7. The van der Waals surface area contributed by atoms with Gasteiger partial charge < -0.3 is 34.7 Å². The van der Waals surface area contributed by atoms with E-state index in [0.717, 1.165) is 16.0 Å². The highest BCUT2D eigenvalue weighted by Gasteiger charge is 2.29. The predicted molar refractivity (Wildman–Crippen MR) is 156 cm³/mol. The van der Waals surface area contributed by atoms with Crippen LogP contribution in [0, 0.1) is 0 Å². The van der Waals surface area contributed by atoms with Crippen molar-refractivity contribution in [2.24, 2.45) is 10.5 Å². The number of nitrogens with two attached hydrogens (primary N) is 1. The molecule has 0 bridgehead atoms. The van der Waals surface area contributed by atoms with Crippen molar-refractivity contribution in [3.8, 4) is 0 Å². The molecule has 0 aromatic heterocycles. The van der Waals surface area contributed by atoms with Crippen LogP contribution in [0.4, 0.5) is 9.59 Å². The smallest absolute Gasteiger partial charge is 0.480 e. The molecule has 0 aliphatic carbocycles. The van der Waals surface area contributed by atoms with Crippen LogP contribution in [0.2, 0.25) is 0 Å². The number of carbonyl (C=O) groups is 3. The molecule has 14 nitrogen and oxygen atoms in total. The molecule has 0 aliphatic rings. The van der Waals surface area contributed by atoms with E-state index in [-0.39, 0.29) is 32.8 Å². The number of nitrogens with zero attached hydrogens (tertiary/aromatic N) is 2. The third-order valence-corrected chi connectivity index (χ3v) is 7.22. The van der Waals surface area contributed by atoms with Gasteiger partial charge in [-0.25, -0.2) is 18.9 Å². The van der Waals surface area contributed by atoms with Crippen LogP contribution in [-0.2, 0) is 50.2 Å². The number of likely N-dealkylation sites (N-methyl/N-ethyl adjacent to an activating group) is 1. The number of hydrogen-bond acceptors (Lipinski definition) is 10. The van der Waals surface area contributed by atoms with Crippen molar-refractivity contribution in [1.29, 1.82) is 0 Å². The van der Waals surface area contributed by atoms with E-state index in [9.17, 15) is 24.1 Å². The van der Waals surface area contributed by atoms with Crippen molar-refractivity contribution in [2.75, 3.05) is 46.7 Å². The quantitative estimate of drug-likeness (QED) is 0.0798. The van der Waals surface area contributed by atoms with Gasteiger partial charge in [0.2, 0.25) is 5.96 Å². The van der Waals surface area contributed by atoms with Crippen LogP contribution in [0.5, 0.6) is 0 Å². The molecule has 0 fully saturated rings. The molecular formula is C28H38N3O11P. The van der Waals surface area contributed by atoms with Gasteiger partial charge in [-0.1, -0.05) is 67.6 Å². The number of carbonyl (C=O) groups excluding carboxylic acids is 2. The zero-order chi connectivity index (χ0) is 31.5. The van der Waals surface area contributed by atoms with Crippen LogP contribution in [0.1, 0.15) is 24.5 Å². The summed E-state index contributed by atoms with van der Waals surface area (Å²) in [5.41, 5.74) is 7.86. The van der Waals surface area contributed by atoms with Gasteiger partial charge in [0, 0.05) is 19.9 Å². The topological polar surface area (TPSA) is 186 Å². The lowest BCUT2D eigenvalue weighted by atomic mass is 10.2. The number of rotatable bonds is 18. The van der Waals surface area contributed by atoms with E-state index in [1.807, 2.05) is 60.7 Å². The molecule has 3 N–H and O–H groups in total. The summed E-state index contributed by atoms with van der Waals surface area (Å²) in [5.74, 6) is -1.60. The molecule has 0 saturated heterocycles.